The lowest BCUT2D eigenvalue weighted by atomic mass is 10.1. The molecule has 0 atom stereocenters. The summed E-state index contributed by atoms with van der Waals surface area (Å²) in [7, 11) is 0. The highest BCUT2D eigenvalue weighted by atomic mass is 79.9. The first-order valence-corrected chi connectivity index (χ1v) is 8.62. The molecule has 3 nitrogen and oxygen atoms in total. The zero-order valence-corrected chi connectivity index (χ0v) is 16.5. The van der Waals surface area contributed by atoms with Crippen LogP contribution in [-0.4, -0.2) is 16.3 Å². The average Bonchev–Trinajstić information content (AvgIpc) is 2.69. The molecule has 0 amide bonds. The Morgan fingerprint density at radius 2 is 1.71 bits per heavy atom. The lowest BCUT2D eigenvalue weighted by Gasteiger charge is -2.20. The molecular weight excluding hydrogens is 466 g/mol. The maximum atomic E-state index is 12.4. The van der Waals surface area contributed by atoms with Crippen molar-refractivity contribution < 1.29 is 9.53 Å². The van der Waals surface area contributed by atoms with Crippen LogP contribution in [-0.2, 0) is 4.74 Å². The van der Waals surface area contributed by atoms with Gasteiger partial charge >= 0.3 is 6.09 Å². The van der Waals surface area contributed by atoms with Crippen LogP contribution >= 0.6 is 47.8 Å². The summed E-state index contributed by atoms with van der Waals surface area (Å²) in [6.07, 6.45) is 1.29. The minimum Gasteiger partial charge on any atom is -0.443 e. The number of hydrogen-bond acceptors (Lipinski definition) is 2. The summed E-state index contributed by atoms with van der Waals surface area (Å²) in [6.45, 7) is 5.53. The van der Waals surface area contributed by atoms with Crippen LogP contribution in [0.3, 0.4) is 0 Å². The first-order valence-electron chi connectivity index (χ1n) is 6.24. The third-order valence-electron chi connectivity index (χ3n) is 2.60. The number of ether oxygens (including phenoxy) is 1. The number of carbonyl (C=O) groups is 1. The Balaban J connectivity index is 2.54. The van der Waals surface area contributed by atoms with Crippen molar-refractivity contribution in [2.75, 3.05) is 0 Å². The predicted octanol–water partition coefficient (Wildman–Crippen LogP) is 6.23. The van der Waals surface area contributed by atoms with Crippen LogP contribution in [0.5, 0.6) is 0 Å². The summed E-state index contributed by atoms with van der Waals surface area (Å²) in [4.78, 5) is 12.4. The van der Waals surface area contributed by atoms with Gasteiger partial charge in [-0.3, -0.25) is 4.57 Å². The number of hydrogen-bond donors (Lipinski definition) is 0. The van der Waals surface area contributed by atoms with Gasteiger partial charge in [0.15, 0.2) is 0 Å². The summed E-state index contributed by atoms with van der Waals surface area (Å²) in [5.74, 6) is 0. The van der Waals surface area contributed by atoms with E-state index in [9.17, 15) is 4.79 Å². The molecule has 2 rings (SSSR count). The Bertz CT molecular complexity index is 666. The normalized spacial score (nSPS) is 11.5. The van der Waals surface area contributed by atoms with E-state index < -0.39 is 11.7 Å². The van der Waals surface area contributed by atoms with E-state index in [1.807, 2.05) is 45.0 Å². The molecule has 1 aromatic carbocycles. The van der Waals surface area contributed by atoms with E-state index >= 15 is 0 Å². The minimum atomic E-state index is -0.545. The number of benzene rings is 1. The zero-order chi connectivity index (χ0) is 15.8. The Morgan fingerprint density at radius 1 is 1.14 bits per heavy atom. The fourth-order valence-electron chi connectivity index (χ4n) is 1.83. The van der Waals surface area contributed by atoms with E-state index in [0.29, 0.717) is 0 Å². The molecule has 0 bridgehead atoms. The van der Waals surface area contributed by atoms with E-state index in [1.54, 1.807) is 6.20 Å². The number of nitrogens with zero attached hydrogens (tertiary/aromatic N) is 1. The smallest absolute Gasteiger partial charge is 0.419 e. The van der Waals surface area contributed by atoms with Crippen molar-refractivity contribution in [3.8, 4) is 11.3 Å². The van der Waals surface area contributed by atoms with Crippen molar-refractivity contribution in [2.45, 2.75) is 26.4 Å². The van der Waals surface area contributed by atoms with Crippen molar-refractivity contribution in [3.63, 3.8) is 0 Å². The van der Waals surface area contributed by atoms with Gasteiger partial charge in [0.05, 0.1) is 5.69 Å². The van der Waals surface area contributed by atoms with Crippen molar-refractivity contribution in [3.05, 3.63) is 43.9 Å². The van der Waals surface area contributed by atoms with Crippen LogP contribution < -0.4 is 0 Å². The molecule has 0 saturated heterocycles. The Morgan fingerprint density at radius 3 is 2.24 bits per heavy atom. The maximum absolute atomic E-state index is 12.4. The first-order chi connectivity index (χ1) is 9.69. The quantitative estimate of drug-likeness (QED) is 0.485. The molecule has 0 spiro atoms. The molecule has 0 N–H and O–H groups in total. The van der Waals surface area contributed by atoms with E-state index in [2.05, 4.69) is 47.8 Å². The second-order valence-corrected chi connectivity index (χ2v) is 8.11. The molecule has 1 aromatic heterocycles. The van der Waals surface area contributed by atoms with Gasteiger partial charge in [0.25, 0.3) is 0 Å². The van der Waals surface area contributed by atoms with Crippen molar-refractivity contribution in [2.24, 2.45) is 0 Å². The summed E-state index contributed by atoms with van der Waals surface area (Å²) in [5.41, 5.74) is 1.10. The van der Waals surface area contributed by atoms with Crippen LogP contribution in [0.1, 0.15) is 20.8 Å². The fourth-order valence-corrected chi connectivity index (χ4v) is 3.65. The maximum Gasteiger partial charge on any atom is 0.419 e. The monoisotopic (exact) mass is 477 g/mol. The molecule has 0 aliphatic heterocycles. The van der Waals surface area contributed by atoms with E-state index in [4.69, 9.17) is 4.74 Å². The molecule has 0 radical (unpaired) electrons. The molecule has 6 heteroatoms. The molecule has 0 saturated carbocycles. The Kier molecular flexibility index (Phi) is 5.00. The zero-order valence-electron chi connectivity index (χ0n) is 11.8. The van der Waals surface area contributed by atoms with Gasteiger partial charge in [-0.05, 0) is 54.9 Å². The Labute approximate surface area is 149 Å². The van der Waals surface area contributed by atoms with Gasteiger partial charge in [-0.2, -0.15) is 0 Å². The average molecular weight is 480 g/mol. The third kappa shape index (κ3) is 3.99. The summed E-state index contributed by atoms with van der Waals surface area (Å²) in [5, 5.41) is 0. The second-order valence-electron chi connectivity index (χ2n) is 5.49. The number of halogens is 3. The van der Waals surface area contributed by atoms with Gasteiger partial charge in [0.2, 0.25) is 0 Å². The number of carbonyl (C=O) groups excluding carboxylic acids is 1. The van der Waals surface area contributed by atoms with Crippen molar-refractivity contribution in [1.29, 1.82) is 0 Å². The van der Waals surface area contributed by atoms with Crippen molar-refractivity contribution in [1.82, 2.24) is 4.57 Å². The molecule has 2 aromatic rings. The molecule has 112 valence electrons. The largest absolute Gasteiger partial charge is 0.443 e. The van der Waals surface area contributed by atoms with E-state index in [-0.39, 0.29) is 0 Å². The second kappa shape index (κ2) is 6.26. The molecule has 0 fully saturated rings. The molecule has 0 unspecified atom stereocenters. The fraction of sp³-hybridized carbons (Fsp3) is 0.267. The highest BCUT2D eigenvalue weighted by molar-refractivity contribution is 9.11. The molecule has 0 aliphatic carbocycles. The van der Waals surface area contributed by atoms with Crippen LogP contribution in [0.2, 0.25) is 0 Å². The molecule has 0 aliphatic rings. The van der Waals surface area contributed by atoms with E-state index in [0.717, 1.165) is 24.7 Å². The highest BCUT2D eigenvalue weighted by Gasteiger charge is 2.22. The summed E-state index contributed by atoms with van der Waals surface area (Å²) < 4.78 is 9.55. The van der Waals surface area contributed by atoms with E-state index in [1.165, 1.54) is 4.57 Å². The lowest BCUT2D eigenvalue weighted by Crippen LogP contribution is -2.27. The van der Waals surface area contributed by atoms with Gasteiger partial charge < -0.3 is 4.74 Å². The standard InChI is InChI=1S/C15H14Br3NO2/c1-15(2,3)21-14(20)19-8-9(16)7-12(19)13-10(17)5-4-6-11(13)18/h4-8H,1-3H3. The van der Waals surface area contributed by atoms with Crippen LogP contribution in [0.25, 0.3) is 11.3 Å². The third-order valence-corrected chi connectivity index (χ3v) is 4.35. The van der Waals surface area contributed by atoms with Gasteiger partial charge in [-0.25, -0.2) is 4.79 Å². The van der Waals surface area contributed by atoms with Gasteiger partial charge in [-0.1, -0.05) is 37.9 Å². The first kappa shape index (κ1) is 16.8. The Hall–Kier alpha value is -0.590. The number of aromatic nitrogens is 1. The van der Waals surface area contributed by atoms with Crippen molar-refractivity contribution >= 4 is 53.9 Å². The molecular formula is C15H14Br3NO2. The summed E-state index contributed by atoms with van der Waals surface area (Å²) in [6, 6.07) is 7.67. The number of rotatable bonds is 1. The predicted molar refractivity (Wildman–Crippen MR) is 94.6 cm³/mol. The highest BCUT2D eigenvalue weighted by Crippen LogP contribution is 2.37. The van der Waals surface area contributed by atoms with Gasteiger partial charge in [-0.15, -0.1) is 0 Å². The van der Waals surface area contributed by atoms with Crippen LogP contribution in [0.4, 0.5) is 4.79 Å². The van der Waals surface area contributed by atoms with Crippen LogP contribution in [0, 0.1) is 0 Å². The van der Waals surface area contributed by atoms with Gasteiger partial charge in [0.1, 0.15) is 5.60 Å². The van der Waals surface area contributed by atoms with Crippen LogP contribution in [0.15, 0.2) is 43.9 Å². The minimum absolute atomic E-state index is 0.411. The molecule has 1 heterocycles. The SMILES string of the molecule is CC(C)(C)OC(=O)n1cc(Br)cc1-c1c(Br)cccc1Br. The molecule has 21 heavy (non-hydrogen) atoms. The summed E-state index contributed by atoms with van der Waals surface area (Å²) >= 11 is 10.5. The lowest BCUT2D eigenvalue weighted by molar-refractivity contribution is 0.0540. The topological polar surface area (TPSA) is 31.2 Å². The van der Waals surface area contributed by atoms with Gasteiger partial charge in [0, 0.05) is 25.2 Å².